The van der Waals surface area contributed by atoms with Crippen LogP contribution in [0.2, 0.25) is 0 Å². The van der Waals surface area contributed by atoms with Crippen LogP contribution in [0.4, 0.5) is 0 Å². The van der Waals surface area contributed by atoms with Crippen LogP contribution in [-0.2, 0) is 0 Å². The Morgan fingerprint density at radius 3 is 2.20 bits per heavy atom. The molecule has 3 N–H and O–H groups in total. The average Bonchev–Trinajstić information content (AvgIpc) is 2.42. The number of hydrogen-bond donors (Lipinski definition) is 3. The topological polar surface area (TPSA) is 55.7 Å². The molecule has 0 spiro atoms. The molecule has 0 aromatic carbocycles. The zero-order valence-electron chi connectivity index (χ0n) is 9.98. The number of aliphatic hydroxyl groups is 2. The van der Waals surface area contributed by atoms with Crippen molar-refractivity contribution in [3.63, 3.8) is 0 Å². The lowest BCUT2D eigenvalue weighted by atomic mass is 10.1. The molecule has 3 atom stereocenters. The minimum atomic E-state index is -0.560. The zero-order chi connectivity index (χ0) is 11.4. The largest absolute Gasteiger partial charge is 0.389 e. The Hall–Kier alpha value is -0.160. The molecule has 3 unspecified atom stereocenters. The molecular weight excluding hydrogens is 192 g/mol. The second kappa shape index (κ2) is 5.80. The molecule has 4 nitrogen and oxygen atoms in total. The predicted molar refractivity (Wildman–Crippen MR) is 60.8 cm³/mol. The van der Waals surface area contributed by atoms with Crippen molar-refractivity contribution in [3.8, 4) is 0 Å². The van der Waals surface area contributed by atoms with Crippen LogP contribution in [0, 0.1) is 5.92 Å². The minimum absolute atomic E-state index is 0.516. The van der Waals surface area contributed by atoms with E-state index in [-0.39, 0.29) is 0 Å². The Morgan fingerprint density at radius 1 is 1.20 bits per heavy atom. The maximum Gasteiger partial charge on any atom is 0.0938 e. The number of aliphatic hydroxyl groups excluding tert-OH is 2. The summed E-state index contributed by atoms with van der Waals surface area (Å²) >= 11 is 0. The van der Waals surface area contributed by atoms with Gasteiger partial charge in [0.25, 0.3) is 0 Å². The summed E-state index contributed by atoms with van der Waals surface area (Å²) in [6.45, 7) is 9.59. The van der Waals surface area contributed by atoms with Gasteiger partial charge in [-0.25, -0.2) is 0 Å². The first kappa shape index (κ1) is 12.9. The summed E-state index contributed by atoms with van der Waals surface area (Å²) in [6, 6.07) is 0.516. The maximum absolute atomic E-state index is 9.39. The van der Waals surface area contributed by atoms with Crippen LogP contribution in [0.15, 0.2) is 0 Å². The van der Waals surface area contributed by atoms with E-state index in [0.717, 1.165) is 13.1 Å². The van der Waals surface area contributed by atoms with Crippen LogP contribution in [0.3, 0.4) is 0 Å². The fraction of sp³-hybridized carbons (Fsp3) is 1.00. The monoisotopic (exact) mass is 216 g/mol. The summed E-state index contributed by atoms with van der Waals surface area (Å²) < 4.78 is 0. The van der Waals surface area contributed by atoms with E-state index in [9.17, 15) is 10.2 Å². The van der Waals surface area contributed by atoms with Gasteiger partial charge in [-0.1, -0.05) is 20.8 Å². The second-order valence-electron chi connectivity index (χ2n) is 5.02. The molecule has 90 valence electrons. The highest BCUT2D eigenvalue weighted by atomic mass is 16.3. The number of hydrogen-bond acceptors (Lipinski definition) is 4. The van der Waals surface area contributed by atoms with Gasteiger partial charge in [0.1, 0.15) is 0 Å². The molecule has 1 saturated heterocycles. The van der Waals surface area contributed by atoms with Gasteiger partial charge in [0.15, 0.2) is 0 Å². The third-order valence-electron chi connectivity index (χ3n) is 2.78. The van der Waals surface area contributed by atoms with E-state index in [1.54, 1.807) is 0 Å². The van der Waals surface area contributed by atoms with E-state index >= 15 is 0 Å². The minimum Gasteiger partial charge on any atom is -0.389 e. The van der Waals surface area contributed by atoms with E-state index in [2.05, 4.69) is 31.0 Å². The Balaban J connectivity index is 2.18. The summed E-state index contributed by atoms with van der Waals surface area (Å²) in [5.41, 5.74) is 0. The smallest absolute Gasteiger partial charge is 0.0938 e. The van der Waals surface area contributed by atoms with Crippen molar-refractivity contribution >= 4 is 0 Å². The third-order valence-corrected chi connectivity index (χ3v) is 2.78. The molecule has 1 heterocycles. The van der Waals surface area contributed by atoms with Gasteiger partial charge in [0, 0.05) is 25.7 Å². The summed E-state index contributed by atoms with van der Waals surface area (Å²) in [4.78, 5) is 2.13. The van der Waals surface area contributed by atoms with Crippen molar-refractivity contribution in [3.05, 3.63) is 0 Å². The van der Waals surface area contributed by atoms with Crippen molar-refractivity contribution < 1.29 is 10.2 Å². The Bertz CT molecular complexity index is 177. The maximum atomic E-state index is 9.39. The molecular formula is C11H24N2O2. The lowest BCUT2D eigenvalue weighted by molar-refractivity contribution is 0.0572. The van der Waals surface area contributed by atoms with Crippen LogP contribution in [0.5, 0.6) is 0 Å². The molecule has 15 heavy (non-hydrogen) atoms. The number of nitrogens with zero attached hydrogens (tertiary/aromatic N) is 1. The lowest BCUT2D eigenvalue weighted by Gasteiger charge is -2.21. The number of β-amino-alcohol motifs (C(OH)–C–C–N with tert-alkyl or cyclic N) is 2. The Kier molecular flexibility index (Phi) is 4.99. The number of likely N-dealkylation sites (tertiary alicyclic amines) is 1. The molecule has 0 amide bonds. The molecule has 0 aromatic heterocycles. The van der Waals surface area contributed by atoms with Crippen molar-refractivity contribution in [2.45, 2.75) is 39.0 Å². The third kappa shape index (κ3) is 4.47. The molecule has 0 aromatic rings. The molecule has 1 aliphatic heterocycles. The van der Waals surface area contributed by atoms with Crippen LogP contribution < -0.4 is 5.32 Å². The van der Waals surface area contributed by atoms with E-state index in [0.29, 0.717) is 25.0 Å². The highest BCUT2D eigenvalue weighted by Crippen LogP contribution is 2.11. The van der Waals surface area contributed by atoms with Gasteiger partial charge in [-0.2, -0.15) is 0 Å². The first-order valence-corrected chi connectivity index (χ1v) is 5.81. The predicted octanol–water partition coefficient (Wildman–Crippen LogP) is -0.342. The normalized spacial score (nSPS) is 30.0. The molecule has 1 rings (SSSR count). The van der Waals surface area contributed by atoms with Crippen molar-refractivity contribution in [2.75, 3.05) is 26.2 Å². The number of rotatable bonds is 5. The van der Waals surface area contributed by atoms with E-state index < -0.39 is 12.2 Å². The second-order valence-corrected chi connectivity index (χ2v) is 5.02. The van der Waals surface area contributed by atoms with Gasteiger partial charge >= 0.3 is 0 Å². The molecule has 0 aliphatic carbocycles. The average molecular weight is 216 g/mol. The Morgan fingerprint density at radius 2 is 1.73 bits per heavy atom. The highest BCUT2D eigenvalue weighted by Gasteiger charge is 2.29. The van der Waals surface area contributed by atoms with Gasteiger partial charge < -0.3 is 15.5 Å². The first-order valence-electron chi connectivity index (χ1n) is 5.81. The van der Waals surface area contributed by atoms with Crippen LogP contribution in [-0.4, -0.2) is 59.5 Å². The van der Waals surface area contributed by atoms with Crippen molar-refractivity contribution in [2.24, 2.45) is 5.92 Å². The van der Waals surface area contributed by atoms with E-state index in [1.165, 1.54) is 0 Å². The summed E-state index contributed by atoms with van der Waals surface area (Å²) in [6.07, 6.45) is -1.12. The molecule has 0 bridgehead atoms. The summed E-state index contributed by atoms with van der Waals surface area (Å²) in [5.74, 6) is 0.546. The number of nitrogens with one attached hydrogen (secondary N) is 1. The van der Waals surface area contributed by atoms with Gasteiger partial charge in [-0.05, 0) is 12.5 Å². The van der Waals surface area contributed by atoms with E-state index in [1.807, 2.05) is 0 Å². The lowest BCUT2D eigenvalue weighted by Crippen LogP contribution is -2.35. The molecule has 4 heteroatoms. The first-order chi connectivity index (χ1) is 6.99. The zero-order valence-corrected chi connectivity index (χ0v) is 9.98. The van der Waals surface area contributed by atoms with Crippen LogP contribution in [0.25, 0.3) is 0 Å². The van der Waals surface area contributed by atoms with Gasteiger partial charge in [0.2, 0.25) is 0 Å². The van der Waals surface area contributed by atoms with Gasteiger partial charge in [-0.3, -0.25) is 4.90 Å². The summed E-state index contributed by atoms with van der Waals surface area (Å²) in [7, 11) is 0. The summed E-state index contributed by atoms with van der Waals surface area (Å²) in [5, 5.41) is 22.2. The molecule has 1 fully saturated rings. The quantitative estimate of drug-likeness (QED) is 0.588. The standard InChI is InChI=1S/C11H24N2O2/c1-8(2)12-4-9(3)5-13-6-10(14)11(15)7-13/h8-12,14-15H,4-7H2,1-3H3. The van der Waals surface area contributed by atoms with Crippen molar-refractivity contribution in [1.82, 2.24) is 10.2 Å². The highest BCUT2D eigenvalue weighted by molar-refractivity contribution is 4.84. The van der Waals surface area contributed by atoms with Gasteiger partial charge in [0.05, 0.1) is 12.2 Å². The molecule has 0 radical (unpaired) electrons. The molecule has 1 aliphatic rings. The van der Waals surface area contributed by atoms with Crippen LogP contribution in [0.1, 0.15) is 20.8 Å². The molecule has 0 saturated carbocycles. The fourth-order valence-electron chi connectivity index (χ4n) is 1.94. The van der Waals surface area contributed by atoms with Gasteiger partial charge in [-0.15, -0.1) is 0 Å². The Labute approximate surface area is 92.3 Å². The fourth-order valence-corrected chi connectivity index (χ4v) is 1.94. The van der Waals surface area contributed by atoms with Crippen LogP contribution >= 0.6 is 0 Å². The SMILES string of the molecule is CC(CNC(C)C)CN1CC(O)C(O)C1. The van der Waals surface area contributed by atoms with E-state index in [4.69, 9.17) is 0 Å². The van der Waals surface area contributed by atoms with Crippen molar-refractivity contribution in [1.29, 1.82) is 0 Å².